The molecule has 0 aromatic heterocycles. The molecule has 2 amide bonds. The smallest absolute Gasteiger partial charge is 0.317 e. The number of amides is 2. The number of carbonyl (C=O) groups is 2. The third-order valence-corrected chi connectivity index (χ3v) is 3.55. The quantitative estimate of drug-likeness (QED) is 0.584. The lowest BCUT2D eigenvalue weighted by Gasteiger charge is -2.42. The van der Waals surface area contributed by atoms with E-state index >= 15 is 0 Å². The Morgan fingerprint density at radius 1 is 1.40 bits per heavy atom. The van der Waals surface area contributed by atoms with Gasteiger partial charge in [-0.3, -0.25) is 9.69 Å². The van der Waals surface area contributed by atoms with E-state index in [1.54, 1.807) is 0 Å². The van der Waals surface area contributed by atoms with Crippen molar-refractivity contribution in [1.82, 2.24) is 15.5 Å². The summed E-state index contributed by atoms with van der Waals surface area (Å²) in [5.41, 5.74) is 1.04. The summed E-state index contributed by atoms with van der Waals surface area (Å²) >= 11 is 0. The van der Waals surface area contributed by atoms with Crippen molar-refractivity contribution in [3.8, 4) is 0 Å². The van der Waals surface area contributed by atoms with Gasteiger partial charge in [0, 0.05) is 18.6 Å². The van der Waals surface area contributed by atoms with Gasteiger partial charge in [-0.2, -0.15) is 0 Å². The molecule has 0 aliphatic heterocycles. The average molecular weight is 283 g/mol. The number of hydrogen-bond acceptors (Lipinski definition) is 3. The van der Waals surface area contributed by atoms with E-state index in [4.69, 9.17) is 5.11 Å². The van der Waals surface area contributed by atoms with Gasteiger partial charge < -0.3 is 15.7 Å². The van der Waals surface area contributed by atoms with Gasteiger partial charge in [-0.15, -0.1) is 6.58 Å². The lowest BCUT2D eigenvalue weighted by atomic mass is 9.85. The first-order valence-electron chi connectivity index (χ1n) is 7.07. The predicted octanol–water partition coefficient (Wildman–Crippen LogP) is 1.19. The van der Waals surface area contributed by atoms with Crippen LogP contribution >= 0.6 is 0 Å². The highest BCUT2D eigenvalue weighted by Crippen LogP contribution is 2.25. The molecule has 0 aromatic carbocycles. The minimum Gasteiger partial charge on any atom is -0.480 e. The first-order chi connectivity index (χ1) is 9.42. The van der Waals surface area contributed by atoms with Crippen LogP contribution in [-0.2, 0) is 4.79 Å². The number of nitrogens with zero attached hydrogens (tertiary/aromatic N) is 1. The summed E-state index contributed by atoms with van der Waals surface area (Å²) in [5, 5.41) is 14.5. The van der Waals surface area contributed by atoms with Crippen molar-refractivity contribution in [1.29, 1.82) is 0 Å². The molecule has 1 aliphatic carbocycles. The highest BCUT2D eigenvalue weighted by Gasteiger charge is 2.34. The van der Waals surface area contributed by atoms with Gasteiger partial charge in [0.15, 0.2) is 0 Å². The SMILES string of the molecule is C=C(C)CCNC(=O)NC1CC(N(CC)CC(=O)O)C1. The van der Waals surface area contributed by atoms with Crippen LogP contribution in [0.5, 0.6) is 0 Å². The maximum atomic E-state index is 11.6. The first kappa shape index (κ1) is 16.5. The Hall–Kier alpha value is -1.56. The largest absolute Gasteiger partial charge is 0.480 e. The molecular formula is C14H25N3O3. The number of aliphatic carboxylic acids is 1. The third kappa shape index (κ3) is 5.61. The highest BCUT2D eigenvalue weighted by molar-refractivity contribution is 5.74. The number of urea groups is 1. The van der Waals surface area contributed by atoms with Crippen molar-refractivity contribution in [2.45, 2.75) is 45.2 Å². The van der Waals surface area contributed by atoms with E-state index in [2.05, 4.69) is 17.2 Å². The molecule has 1 aliphatic rings. The molecule has 6 heteroatoms. The van der Waals surface area contributed by atoms with Crippen molar-refractivity contribution in [2.24, 2.45) is 0 Å². The van der Waals surface area contributed by atoms with Gasteiger partial charge >= 0.3 is 12.0 Å². The van der Waals surface area contributed by atoms with Gasteiger partial charge in [0.25, 0.3) is 0 Å². The number of nitrogens with one attached hydrogen (secondary N) is 2. The molecule has 1 saturated carbocycles. The number of rotatable bonds is 8. The Morgan fingerprint density at radius 2 is 2.05 bits per heavy atom. The Kier molecular flexibility index (Phi) is 6.51. The van der Waals surface area contributed by atoms with E-state index in [1.807, 2.05) is 18.7 Å². The second kappa shape index (κ2) is 7.89. The minimum atomic E-state index is -0.805. The zero-order chi connectivity index (χ0) is 15.1. The van der Waals surface area contributed by atoms with E-state index in [0.29, 0.717) is 13.1 Å². The van der Waals surface area contributed by atoms with E-state index in [1.165, 1.54) is 0 Å². The van der Waals surface area contributed by atoms with Crippen molar-refractivity contribution in [3.05, 3.63) is 12.2 Å². The Labute approximate surface area is 120 Å². The molecule has 0 heterocycles. The third-order valence-electron chi connectivity index (χ3n) is 3.55. The van der Waals surface area contributed by atoms with Crippen LogP contribution in [0.3, 0.4) is 0 Å². The van der Waals surface area contributed by atoms with E-state index in [0.717, 1.165) is 24.8 Å². The minimum absolute atomic E-state index is 0.0681. The topological polar surface area (TPSA) is 81.7 Å². The first-order valence-corrected chi connectivity index (χ1v) is 7.07. The van der Waals surface area contributed by atoms with Crippen LogP contribution in [-0.4, -0.2) is 53.7 Å². The standard InChI is InChI=1S/C14H25N3O3/c1-4-17(9-13(18)19)12-7-11(8-12)16-14(20)15-6-5-10(2)3/h11-12H,2,4-9H2,1,3H3,(H,18,19)(H2,15,16,20). The van der Waals surface area contributed by atoms with Crippen LogP contribution in [0.25, 0.3) is 0 Å². The van der Waals surface area contributed by atoms with Gasteiger partial charge in [0.05, 0.1) is 6.54 Å². The number of hydrogen-bond donors (Lipinski definition) is 3. The van der Waals surface area contributed by atoms with Crippen LogP contribution < -0.4 is 10.6 Å². The van der Waals surface area contributed by atoms with Gasteiger partial charge in [-0.1, -0.05) is 12.5 Å². The summed E-state index contributed by atoms with van der Waals surface area (Å²) in [4.78, 5) is 24.2. The summed E-state index contributed by atoms with van der Waals surface area (Å²) in [6, 6.07) is 0.250. The molecular weight excluding hydrogens is 258 g/mol. The monoisotopic (exact) mass is 283 g/mol. The summed E-state index contributed by atoms with van der Waals surface area (Å²) in [5.74, 6) is -0.805. The zero-order valence-corrected chi connectivity index (χ0v) is 12.3. The van der Waals surface area contributed by atoms with Crippen LogP contribution in [0.15, 0.2) is 12.2 Å². The van der Waals surface area contributed by atoms with Crippen LogP contribution in [0.1, 0.15) is 33.1 Å². The van der Waals surface area contributed by atoms with Crippen molar-refractivity contribution >= 4 is 12.0 Å². The molecule has 1 rings (SSSR count). The number of carboxylic acid groups (broad SMARTS) is 1. The number of carbonyl (C=O) groups excluding carboxylic acids is 1. The van der Waals surface area contributed by atoms with Crippen molar-refractivity contribution in [2.75, 3.05) is 19.6 Å². The molecule has 0 bridgehead atoms. The van der Waals surface area contributed by atoms with Crippen molar-refractivity contribution < 1.29 is 14.7 Å². The molecule has 0 spiro atoms. The number of carboxylic acids is 1. The lowest BCUT2D eigenvalue weighted by molar-refractivity contribution is -0.139. The van der Waals surface area contributed by atoms with Gasteiger partial charge in [0.1, 0.15) is 0 Å². The Morgan fingerprint density at radius 3 is 2.55 bits per heavy atom. The molecule has 0 unspecified atom stereocenters. The molecule has 6 nitrogen and oxygen atoms in total. The average Bonchev–Trinajstić information content (AvgIpc) is 2.30. The molecule has 20 heavy (non-hydrogen) atoms. The van der Waals surface area contributed by atoms with Gasteiger partial charge in [-0.25, -0.2) is 4.79 Å². The summed E-state index contributed by atoms with van der Waals surface area (Å²) in [7, 11) is 0. The van der Waals surface area contributed by atoms with Crippen LogP contribution in [0.2, 0.25) is 0 Å². The lowest BCUT2D eigenvalue weighted by Crippen LogP contribution is -2.56. The second-order valence-corrected chi connectivity index (χ2v) is 5.39. The van der Waals surface area contributed by atoms with E-state index in [-0.39, 0.29) is 24.7 Å². The predicted molar refractivity (Wildman–Crippen MR) is 77.7 cm³/mol. The normalized spacial score (nSPS) is 21.1. The second-order valence-electron chi connectivity index (χ2n) is 5.39. The van der Waals surface area contributed by atoms with Crippen LogP contribution in [0, 0.1) is 0 Å². The summed E-state index contributed by atoms with van der Waals surface area (Å²) in [6.07, 6.45) is 2.41. The van der Waals surface area contributed by atoms with Crippen molar-refractivity contribution in [3.63, 3.8) is 0 Å². The fourth-order valence-electron chi connectivity index (χ4n) is 2.30. The van der Waals surface area contributed by atoms with E-state index in [9.17, 15) is 9.59 Å². The summed E-state index contributed by atoms with van der Waals surface area (Å²) < 4.78 is 0. The van der Waals surface area contributed by atoms with Crippen LogP contribution in [0.4, 0.5) is 4.79 Å². The molecule has 114 valence electrons. The van der Waals surface area contributed by atoms with E-state index < -0.39 is 5.97 Å². The Bertz CT molecular complexity index is 365. The Balaban J connectivity index is 2.19. The number of likely N-dealkylation sites (N-methyl/N-ethyl adjacent to an activating group) is 1. The molecule has 0 saturated heterocycles. The maximum Gasteiger partial charge on any atom is 0.317 e. The molecule has 0 radical (unpaired) electrons. The fourth-order valence-corrected chi connectivity index (χ4v) is 2.30. The molecule has 1 fully saturated rings. The highest BCUT2D eigenvalue weighted by atomic mass is 16.4. The molecule has 0 atom stereocenters. The zero-order valence-electron chi connectivity index (χ0n) is 12.3. The molecule has 0 aromatic rings. The van der Waals surface area contributed by atoms with Gasteiger partial charge in [0.2, 0.25) is 0 Å². The molecule has 3 N–H and O–H groups in total. The summed E-state index contributed by atoms with van der Waals surface area (Å²) in [6.45, 7) is 9.04. The van der Waals surface area contributed by atoms with Gasteiger partial charge in [-0.05, 0) is 32.7 Å². The maximum absolute atomic E-state index is 11.6. The fraction of sp³-hybridized carbons (Fsp3) is 0.714.